The van der Waals surface area contributed by atoms with E-state index in [0.29, 0.717) is 13.0 Å². The van der Waals surface area contributed by atoms with Crippen LogP contribution in [0.5, 0.6) is 0 Å². The van der Waals surface area contributed by atoms with Crippen LogP contribution in [-0.4, -0.2) is 42.5 Å². The fourth-order valence-electron chi connectivity index (χ4n) is 3.91. The van der Waals surface area contributed by atoms with Gasteiger partial charge in [-0.25, -0.2) is 0 Å². The summed E-state index contributed by atoms with van der Waals surface area (Å²) in [6.45, 7) is 5.50. The Balaban J connectivity index is 2.00. The first kappa shape index (κ1) is 15.0. The Morgan fingerprint density at radius 1 is 1.41 bits per heavy atom. The summed E-state index contributed by atoms with van der Waals surface area (Å²) in [6.07, 6.45) is 0.491. The zero-order chi connectivity index (χ0) is 15.9. The van der Waals surface area contributed by atoms with E-state index in [2.05, 4.69) is 31.3 Å². The number of hydrogen-bond acceptors (Lipinski definition) is 4. The largest absolute Gasteiger partial charge is 0.468 e. The van der Waals surface area contributed by atoms with E-state index in [-0.39, 0.29) is 11.9 Å². The van der Waals surface area contributed by atoms with Crippen molar-refractivity contribution < 1.29 is 14.3 Å². The van der Waals surface area contributed by atoms with Gasteiger partial charge in [-0.2, -0.15) is 0 Å². The third-order valence-electron chi connectivity index (χ3n) is 5.09. The summed E-state index contributed by atoms with van der Waals surface area (Å²) < 4.78 is 4.81. The van der Waals surface area contributed by atoms with E-state index in [1.165, 1.54) is 18.2 Å². The number of nitrogens with one attached hydrogen (secondary N) is 1. The summed E-state index contributed by atoms with van der Waals surface area (Å²) in [5, 5.41) is 3.54. The normalized spacial score (nSPS) is 31.0. The summed E-state index contributed by atoms with van der Waals surface area (Å²) in [5.74, 6) is -1.21. The number of esters is 1. The van der Waals surface area contributed by atoms with E-state index in [0.717, 1.165) is 6.54 Å². The van der Waals surface area contributed by atoms with Gasteiger partial charge >= 0.3 is 5.97 Å². The molecule has 1 N–H and O–H groups in total. The molecule has 0 aliphatic carbocycles. The minimum absolute atomic E-state index is 0.0288. The quantitative estimate of drug-likeness (QED) is 0.663. The zero-order valence-electron chi connectivity index (χ0n) is 13.3. The smallest absolute Gasteiger partial charge is 0.318 e. The molecule has 1 aromatic carbocycles. The lowest BCUT2D eigenvalue weighted by Gasteiger charge is -2.47. The summed E-state index contributed by atoms with van der Waals surface area (Å²) >= 11 is 0. The van der Waals surface area contributed by atoms with Crippen LogP contribution in [0, 0.1) is 12.8 Å². The van der Waals surface area contributed by atoms with Crippen molar-refractivity contribution in [2.45, 2.75) is 31.8 Å². The predicted octanol–water partition coefficient (Wildman–Crippen LogP) is 1.42. The molecular formula is C17H22N2O3. The van der Waals surface area contributed by atoms with Gasteiger partial charge in [0.05, 0.1) is 18.7 Å². The van der Waals surface area contributed by atoms with Crippen LogP contribution in [0.3, 0.4) is 0 Å². The molecule has 0 bridgehead atoms. The molecule has 3 rings (SSSR count). The molecule has 2 aliphatic rings. The minimum atomic E-state index is -0.679. The van der Waals surface area contributed by atoms with Crippen LogP contribution >= 0.6 is 0 Å². The first-order valence-electron chi connectivity index (χ1n) is 7.67. The lowest BCUT2D eigenvalue weighted by molar-refractivity contribution is -0.150. The number of carbonyl (C=O) groups is 2. The Kier molecular flexibility index (Phi) is 3.68. The SMILES string of the molecule is COC(=O)C1CC2(C)C(c3ccccc3C)NCCN2C1=O. The molecule has 2 fully saturated rings. The van der Waals surface area contributed by atoms with E-state index in [1.54, 1.807) is 0 Å². The third-order valence-corrected chi connectivity index (χ3v) is 5.09. The molecule has 1 aromatic rings. The van der Waals surface area contributed by atoms with Gasteiger partial charge in [0.2, 0.25) is 5.91 Å². The van der Waals surface area contributed by atoms with Gasteiger partial charge in [0.25, 0.3) is 0 Å². The maximum Gasteiger partial charge on any atom is 0.318 e. The van der Waals surface area contributed by atoms with Crippen molar-refractivity contribution in [3.05, 3.63) is 35.4 Å². The van der Waals surface area contributed by atoms with E-state index in [9.17, 15) is 9.59 Å². The highest BCUT2D eigenvalue weighted by Crippen LogP contribution is 2.45. The Morgan fingerprint density at radius 3 is 2.82 bits per heavy atom. The lowest BCUT2D eigenvalue weighted by Crippen LogP contribution is -2.59. The molecule has 1 amide bonds. The average molecular weight is 302 g/mol. The zero-order valence-corrected chi connectivity index (χ0v) is 13.3. The van der Waals surface area contributed by atoms with Gasteiger partial charge in [0.15, 0.2) is 0 Å². The number of nitrogens with zero attached hydrogens (tertiary/aromatic N) is 1. The molecule has 2 heterocycles. The van der Waals surface area contributed by atoms with Crippen molar-refractivity contribution in [3.63, 3.8) is 0 Å². The highest BCUT2D eigenvalue weighted by Gasteiger charge is 2.56. The molecule has 2 aliphatic heterocycles. The number of piperazine rings is 1. The van der Waals surface area contributed by atoms with Crippen molar-refractivity contribution in [2.24, 2.45) is 5.92 Å². The van der Waals surface area contributed by atoms with Crippen molar-refractivity contribution in [1.29, 1.82) is 0 Å². The lowest BCUT2D eigenvalue weighted by atomic mass is 9.80. The topological polar surface area (TPSA) is 58.6 Å². The fourth-order valence-corrected chi connectivity index (χ4v) is 3.91. The fraction of sp³-hybridized carbons (Fsp3) is 0.529. The Bertz CT molecular complexity index is 616. The number of hydrogen-bond donors (Lipinski definition) is 1. The summed E-state index contributed by atoms with van der Waals surface area (Å²) in [7, 11) is 1.34. The number of carbonyl (C=O) groups excluding carboxylic acids is 2. The van der Waals surface area contributed by atoms with Crippen molar-refractivity contribution >= 4 is 11.9 Å². The van der Waals surface area contributed by atoms with Gasteiger partial charge in [0.1, 0.15) is 5.92 Å². The Morgan fingerprint density at radius 2 is 2.14 bits per heavy atom. The second-order valence-corrected chi connectivity index (χ2v) is 6.37. The molecule has 22 heavy (non-hydrogen) atoms. The van der Waals surface area contributed by atoms with Crippen LogP contribution in [0.25, 0.3) is 0 Å². The maximum atomic E-state index is 12.6. The molecule has 3 atom stereocenters. The van der Waals surface area contributed by atoms with Gasteiger partial charge in [-0.15, -0.1) is 0 Å². The molecule has 2 saturated heterocycles. The van der Waals surface area contributed by atoms with Crippen LogP contribution in [0.15, 0.2) is 24.3 Å². The number of benzene rings is 1. The molecule has 118 valence electrons. The number of rotatable bonds is 2. The van der Waals surface area contributed by atoms with E-state index in [1.807, 2.05) is 17.0 Å². The van der Waals surface area contributed by atoms with Crippen molar-refractivity contribution in [2.75, 3.05) is 20.2 Å². The van der Waals surface area contributed by atoms with E-state index >= 15 is 0 Å². The third kappa shape index (κ3) is 2.11. The second-order valence-electron chi connectivity index (χ2n) is 6.37. The molecule has 0 aromatic heterocycles. The molecular weight excluding hydrogens is 280 g/mol. The molecule has 0 saturated carbocycles. The van der Waals surface area contributed by atoms with Crippen LogP contribution < -0.4 is 5.32 Å². The monoisotopic (exact) mass is 302 g/mol. The maximum absolute atomic E-state index is 12.6. The van der Waals surface area contributed by atoms with Crippen LogP contribution in [0.1, 0.15) is 30.5 Å². The number of amides is 1. The van der Waals surface area contributed by atoms with Crippen LogP contribution in [0.2, 0.25) is 0 Å². The van der Waals surface area contributed by atoms with Crippen LogP contribution in [-0.2, 0) is 14.3 Å². The van der Waals surface area contributed by atoms with Crippen LogP contribution in [0.4, 0.5) is 0 Å². The van der Waals surface area contributed by atoms with E-state index in [4.69, 9.17) is 4.74 Å². The molecule has 5 heteroatoms. The molecule has 0 radical (unpaired) electrons. The van der Waals surface area contributed by atoms with Gasteiger partial charge in [-0.05, 0) is 31.4 Å². The first-order valence-corrected chi connectivity index (χ1v) is 7.67. The van der Waals surface area contributed by atoms with Crippen molar-refractivity contribution in [1.82, 2.24) is 10.2 Å². The predicted molar refractivity (Wildman–Crippen MR) is 82.2 cm³/mol. The standard InChI is InChI=1S/C17H22N2O3/c1-11-6-4-5-7-12(11)14-17(2)10-13(16(21)22-3)15(20)19(17)9-8-18-14/h4-7,13-14,18H,8-10H2,1-3H3. The molecule has 0 spiro atoms. The van der Waals surface area contributed by atoms with Gasteiger partial charge < -0.3 is 15.0 Å². The van der Waals surface area contributed by atoms with Gasteiger partial charge in [-0.1, -0.05) is 24.3 Å². The second kappa shape index (κ2) is 5.39. The highest BCUT2D eigenvalue weighted by atomic mass is 16.5. The number of ether oxygens (including phenoxy) is 1. The molecule has 3 unspecified atom stereocenters. The number of aryl methyl sites for hydroxylation is 1. The minimum Gasteiger partial charge on any atom is -0.468 e. The first-order chi connectivity index (χ1) is 10.5. The molecule has 5 nitrogen and oxygen atoms in total. The summed E-state index contributed by atoms with van der Waals surface area (Å²) in [6, 6.07) is 8.23. The average Bonchev–Trinajstić information content (AvgIpc) is 2.79. The van der Waals surface area contributed by atoms with E-state index < -0.39 is 17.4 Å². The Hall–Kier alpha value is -1.88. The highest BCUT2D eigenvalue weighted by molar-refractivity contribution is 6.00. The van der Waals surface area contributed by atoms with Crippen molar-refractivity contribution in [3.8, 4) is 0 Å². The van der Waals surface area contributed by atoms with Gasteiger partial charge in [0, 0.05) is 13.1 Å². The number of fused-ring (bicyclic) bond motifs is 1. The summed E-state index contributed by atoms with van der Waals surface area (Å²) in [4.78, 5) is 26.4. The van der Waals surface area contributed by atoms with Gasteiger partial charge in [-0.3, -0.25) is 9.59 Å². The number of methoxy groups -OCH3 is 1. The Labute approximate surface area is 130 Å². The summed E-state index contributed by atoms with van der Waals surface area (Å²) in [5.41, 5.74) is 1.98.